The Morgan fingerprint density at radius 1 is 1.42 bits per heavy atom. The van der Waals surface area contributed by atoms with Crippen molar-refractivity contribution in [2.24, 2.45) is 16.8 Å². The van der Waals surface area contributed by atoms with Crippen LogP contribution in [-0.2, 0) is 19.6 Å². The molecule has 1 fully saturated rings. The number of ether oxygens (including phenoxy) is 1. The second-order valence-electron chi connectivity index (χ2n) is 6.09. The largest absolute Gasteiger partial charge is 0.469 e. The zero-order valence-electron chi connectivity index (χ0n) is 15.3. The summed E-state index contributed by atoms with van der Waals surface area (Å²) in [6.45, 7) is 6.73. The number of hydrogen-bond donors (Lipinski definition) is 1. The zero-order chi connectivity index (χ0) is 18.3. The monoisotopic (exact) mass is 362 g/mol. The Bertz CT molecular complexity index is 550. The minimum Gasteiger partial charge on any atom is -0.469 e. The first kappa shape index (κ1) is 20.7. The summed E-state index contributed by atoms with van der Waals surface area (Å²) in [6, 6.07) is 0. The first-order valence-electron chi connectivity index (χ1n) is 8.23. The molecule has 140 valence electrons. The number of carbonyl (C=O) groups is 1. The molecular weight excluding hydrogens is 332 g/mol. The van der Waals surface area contributed by atoms with Crippen LogP contribution in [0.3, 0.4) is 0 Å². The van der Waals surface area contributed by atoms with Gasteiger partial charge in [0.25, 0.3) is 0 Å². The molecule has 0 saturated carbocycles. The molecule has 0 aromatic heterocycles. The predicted molar refractivity (Wildman–Crippen MR) is 94.3 cm³/mol. The van der Waals surface area contributed by atoms with Gasteiger partial charge < -0.3 is 15.0 Å². The van der Waals surface area contributed by atoms with E-state index in [9.17, 15) is 13.2 Å². The van der Waals surface area contributed by atoms with E-state index in [1.807, 2.05) is 18.7 Å². The minimum atomic E-state index is -3.15. The van der Waals surface area contributed by atoms with Gasteiger partial charge in [-0.05, 0) is 12.3 Å². The SMILES string of the molecule is CCN(CCCNC(=NC)N1CC(C)C(C(=O)OC)C1)S(C)(=O)=O. The van der Waals surface area contributed by atoms with Crippen molar-refractivity contribution in [3.8, 4) is 0 Å². The molecule has 24 heavy (non-hydrogen) atoms. The van der Waals surface area contributed by atoms with Crippen molar-refractivity contribution in [2.45, 2.75) is 20.3 Å². The van der Waals surface area contributed by atoms with Gasteiger partial charge in [0.1, 0.15) is 0 Å². The molecule has 1 saturated heterocycles. The Morgan fingerprint density at radius 3 is 2.58 bits per heavy atom. The van der Waals surface area contributed by atoms with Crippen LogP contribution >= 0.6 is 0 Å². The topological polar surface area (TPSA) is 91.3 Å². The van der Waals surface area contributed by atoms with E-state index in [1.165, 1.54) is 17.7 Å². The maximum atomic E-state index is 11.8. The number of rotatable bonds is 7. The quantitative estimate of drug-likeness (QED) is 0.296. The number of methoxy groups -OCH3 is 1. The van der Waals surface area contributed by atoms with Crippen molar-refractivity contribution in [3.05, 3.63) is 0 Å². The normalized spacial score (nSPS) is 22.1. The van der Waals surface area contributed by atoms with Gasteiger partial charge in [-0.25, -0.2) is 12.7 Å². The number of nitrogens with one attached hydrogen (secondary N) is 1. The zero-order valence-corrected chi connectivity index (χ0v) is 16.1. The molecule has 2 atom stereocenters. The van der Waals surface area contributed by atoms with E-state index in [4.69, 9.17) is 4.74 Å². The van der Waals surface area contributed by atoms with Crippen molar-refractivity contribution in [2.75, 3.05) is 53.1 Å². The molecule has 1 rings (SSSR count). The minimum absolute atomic E-state index is 0.144. The molecule has 9 heteroatoms. The lowest BCUT2D eigenvalue weighted by molar-refractivity contribution is -0.145. The number of guanidine groups is 1. The Labute approximate surface area is 145 Å². The molecule has 1 N–H and O–H groups in total. The van der Waals surface area contributed by atoms with Crippen LogP contribution in [0.15, 0.2) is 4.99 Å². The summed E-state index contributed by atoms with van der Waals surface area (Å²) < 4.78 is 29.4. The van der Waals surface area contributed by atoms with Crippen LogP contribution in [-0.4, -0.2) is 82.7 Å². The van der Waals surface area contributed by atoms with Gasteiger partial charge in [-0.2, -0.15) is 0 Å². The summed E-state index contributed by atoms with van der Waals surface area (Å²) in [5.74, 6) is 0.606. The Kier molecular flexibility index (Phi) is 7.95. The van der Waals surface area contributed by atoms with E-state index in [2.05, 4.69) is 10.3 Å². The fraction of sp³-hybridized carbons (Fsp3) is 0.867. The number of hydrogen-bond acceptors (Lipinski definition) is 5. The highest BCUT2D eigenvalue weighted by molar-refractivity contribution is 7.88. The van der Waals surface area contributed by atoms with Gasteiger partial charge in [-0.1, -0.05) is 13.8 Å². The molecular formula is C15H30N4O4S. The number of esters is 1. The van der Waals surface area contributed by atoms with Crippen molar-refractivity contribution < 1.29 is 17.9 Å². The van der Waals surface area contributed by atoms with Crippen molar-refractivity contribution >= 4 is 22.0 Å². The highest BCUT2D eigenvalue weighted by Crippen LogP contribution is 2.23. The van der Waals surface area contributed by atoms with Crippen molar-refractivity contribution in [3.63, 3.8) is 0 Å². The lowest BCUT2D eigenvalue weighted by Gasteiger charge is -2.22. The summed E-state index contributed by atoms with van der Waals surface area (Å²) in [5, 5.41) is 3.24. The summed E-state index contributed by atoms with van der Waals surface area (Å²) in [7, 11) is -0.0399. The van der Waals surface area contributed by atoms with Crippen LogP contribution in [0.5, 0.6) is 0 Å². The molecule has 0 aromatic carbocycles. The second kappa shape index (κ2) is 9.22. The molecule has 0 aromatic rings. The summed E-state index contributed by atoms with van der Waals surface area (Å²) >= 11 is 0. The van der Waals surface area contributed by atoms with Crippen molar-refractivity contribution in [1.29, 1.82) is 0 Å². The average molecular weight is 362 g/mol. The fourth-order valence-corrected chi connectivity index (χ4v) is 3.87. The van der Waals surface area contributed by atoms with Crippen molar-refractivity contribution in [1.82, 2.24) is 14.5 Å². The third-order valence-electron chi connectivity index (χ3n) is 4.32. The fourth-order valence-electron chi connectivity index (χ4n) is 2.94. The molecule has 1 aliphatic heterocycles. The lowest BCUT2D eigenvalue weighted by atomic mass is 9.99. The van der Waals surface area contributed by atoms with Crippen LogP contribution < -0.4 is 5.32 Å². The van der Waals surface area contributed by atoms with Gasteiger partial charge in [-0.3, -0.25) is 9.79 Å². The summed E-state index contributed by atoms with van der Waals surface area (Å²) in [6.07, 6.45) is 1.91. The van der Waals surface area contributed by atoms with E-state index in [-0.39, 0.29) is 17.8 Å². The molecule has 0 radical (unpaired) electrons. The summed E-state index contributed by atoms with van der Waals surface area (Å²) in [4.78, 5) is 18.1. The highest BCUT2D eigenvalue weighted by Gasteiger charge is 2.36. The predicted octanol–water partition coefficient (Wildman–Crippen LogP) is -0.0257. The Morgan fingerprint density at radius 2 is 2.08 bits per heavy atom. The Balaban J connectivity index is 2.48. The van der Waals surface area contributed by atoms with Crippen LogP contribution in [0.1, 0.15) is 20.3 Å². The third-order valence-corrected chi connectivity index (χ3v) is 5.70. The number of aliphatic imine (C=N–C) groups is 1. The molecule has 0 aliphatic carbocycles. The van der Waals surface area contributed by atoms with E-state index < -0.39 is 10.0 Å². The molecule has 0 spiro atoms. The lowest BCUT2D eigenvalue weighted by Crippen LogP contribution is -2.42. The number of carbonyl (C=O) groups excluding carboxylic acids is 1. The van der Waals surface area contributed by atoms with Crippen LogP contribution in [0.25, 0.3) is 0 Å². The van der Waals surface area contributed by atoms with Crippen LogP contribution in [0, 0.1) is 11.8 Å². The van der Waals surface area contributed by atoms with E-state index in [1.54, 1.807) is 7.05 Å². The molecule has 1 aliphatic rings. The standard InChI is InChI=1S/C15H30N4O4S/c1-6-19(24(5,21)22)9-7-8-17-15(16-3)18-10-12(2)13(11-18)14(20)23-4/h12-13H,6-11H2,1-5H3,(H,16,17). The van der Waals surface area contributed by atoms with Gasteiger partial charge in [0.2, 0.25) is 10.0 Å². The van der Waals surface area contributed by atoms with Crippen LogP contribution in [0.4, 0.5) is 0 Å². The van der Waals surface area contributed by atoms with Gasteiger partial charge in [0, 0.05) is 39.8 Å². The molecule has 2 unspecified atom stereocenters. The van der Waals surface area contributed by atoms with E-state index in [0.717, 1.165) is 12.5 Å². The van der Waals surface area contributed by atoms with E-state index in [0.29, 0.717) is 32.6 Å². The maximum absolute atomic E-state index is 11.8. The summed E-state index contributed by atoms with van der Waals surface area (Å²) in [5.41, 5.74) is 0. The molecule has 1 heterocycles. The highest BCUT2D eigenvalue weighted by atomic mass is 32.2. The van der Waals surface area contributed by atoms with Gasteiger partial charge >= 0.3 is 5.97 Å². The maximum Gasteiger partial charge on any atom is 0.310 e. The molecule has 0 amide bonds. The first-order chi connectivity index (χ1) is 11.2. The molecule has 0 bridgehead atoms. The van der Waals surface area contributed by atoms with Gasteiger partial charge in [-0.15, -0.1) is 0 Å². The molecule has 8 nitrogen and oxygen atoms in total. The smallest absolute Gasteiger partial charge is 0.310 e. The average Bonchev–Trinajstić information content (AvgIpc) is 2.90. The number of nitrogens with zero attached hydrogens (tertiary/aromatic N) is 3. The Hall–Kier alpha value is -1.35. The van der Waals surface area contributed by atoms with Gasteiger partial charge in [0.05, 0.1) is 19.3 Å². The van der Waals surface area contributed by atoms with Gasteiger partial charge in [0.15, 0.2) is 5.96 Å². The number of likely N-dealkylation sites (tertiary alicyclic amines) is 1. The third kappa shape index (κ3) is 5.62. The first-order valence-corrected chi connectivity index (χ1v) is 10.1. The number of sulfonamides is 1. The van der Waals surface area contributed by atoms with Crippen LogP contribution in [0.2, 0.25) is 0 Å². The van der Waals surface area contributed by atoms with E-state index >= 15 is 0 Å². The second-order valence-corrected chi connectivity index (χ2v) is 8.08.